The number of halogens is 1. The molecule has 0 N–H and O–H groups in total. The van der Waals surface area contributed by atoms with Crippen LogP contribution < -0.4 is 5.11 Å². The van der Waals surface area contributed by atoms with Crippen molar-refractivity contribution in [1.29, 1.82) is 0 Å². The Labute approximate surface area is 115 Å². The number of aliphatic imine (C=N–C) groups is 2. The summed E-state index contributed by atoms with van der Waals surface area (Å²) >= 11 is 6.38. The number of carbonyl (C=O) groups excluding carboxylic acids is 1. The Morgan fingerprint density at radius 2 is 2.42 bits per heavy atom. The highest BCUT2D eigenvalue weighted by molar-refractivity contribution is 6.14. The summed E-state index contributed by atoms with van der Waals surface area (Å²) in [6.07, 6.45) is 8.06. The van der Waals surface area contributed by atoms with Crippen LogP contribution in [0.1, 0.15) is 12.8 Å². The molecule has 0 amide bonds. The monoisotopic (exact) mass is 280 g/mol. The smallest absolute Gasteiger partial charge is 0.223 e. The SMILES string of the molecule is O=C([O-])C1CCCN(C2=C3C=NC=C[N+]3(Cl)C=N2)C1. The first-order valence-corrected chi connectivity index (χ1v) is 6.49. The van der Waals surface area contributed by atoms with Crippen LogP contribution in [0.2, 0.25) is 0 Å². The van der Waals surface area contributed by atoms with Gasteiger partial charge < -0.3 is 14.8 Å². The highest BCUT2D eigenvalue weighted by atomic mass is 35.5. The lowest BCUT2D eigenvalue weighted by molar-refractivity contribution is -0.592. The van der Waals surface area contributed by atoms with Gasteiger partial charge >= 0.3 is 0 Å². The zero-order valence-electron chi connectivity index (χ0n) is 10.2. The molecule has 2 unspecified atom stereocenters. The molecule has 0 aromatic carbocycles. The summed E-state index contributed by atoms with van der Waals surface area (Å²) in [4.78, 5) is 21.3. The number of nitrogens with zero attached hydrogens (tertiary/aromatic N) is 4. The van der Waals surface area contributed by atoms with E-state index in [9.17, 15) is 9.90 Å². The highest BCUT2D eigenvalue weighted by Gasteiger charge is 2.40. The van der Waals surface area contributed by atoms with Gasteiger partial charge in [0.25, 0.3) is 0 Å². The molecule has 7 heteroatoms. The van der Waals surface area contributed by atoms with Gasteiger partial charge in [-0.05, 0) is 12.8 Å². The van der Waals surface area contributed by atoms with Crippen LogP contribution in [-0.4, -0.2) is 40.5 Å². The fraction of sp³-hybridized carbons (Fsp3) is 0.417. The van der Waals surface area contributed by atoms with Gasteiger partial charge in [-0.15, -0.1) is 4.00 Å². The standard InChI is InChI=1S/C12H13ClN4O2/c13-17-5-3-14-6-10(17)11(15-8-17)16-4-1-2-9(7-16)12(18)19/h3,5-6,8-9H,1-2,4,7H2. The first kappa shape index (κ1) is 12.4. The van der Waals surface area contributed by atoms with Crippen LogP contribution in [0.25, 0.3) is 0 Å². The summed E-state index contributed by atoms with van der Waals surface area (Å²) in [5.74, 6) is -0.749. The first-order valence-electron chi connectivity index (χ1n) is 6.15. The van der Waals surface area contributed by atoms with E-state index in [0.717, 1.165) is 18.7 Å². The number of aliphatic carboxylic acids is 1. The van der Waals surface area contributed by atoms with Crippen LogP contribution in [0.3, 0.4) is 0 Å². The van der Waals surface area contributed by atoms with Crippen molar-refractivity contribution in [2.24, 2.45) is 15.9 Å². The van der Waals surface area contributed by atoms with Crippen molar-refractivity contribution < 1.29 is 13.9 Å². The van der Waals surface area contributed by atoms with Gasteiger partial charge in [-0.3, -0.25) is 4.99 Å². The normalized spacial score (nSPS) is 32.9. The van der Waals surface area contributed by atoms with E-state index >= 15 is 0 Å². The largest absolute Gasteiger partial charge is 0.550 e. The lowest BCUT2D eigenvalue weighted by Crippen LogP contribution is -2.43. The predicted octanol–water partition coefficient (Wildman–Crippen LogP) is 0.185. The third-order valence-corrected chi connectivity index (χ3v) is 3.95. The molecule has 0 aromatic heterocycles. The maximum absolute atomic E-state index is 11.0. The lowest BCUT2D eigenvalue weighted by atomic mass is 9.98. The Balaban J connectivity index is 1.88. The second kappa shape index (κ2) is 4.47. The number of quaternary nitrogens is 1. The number of fused-ring (bicyclic) bond motifs is 1. The van der Waals surface area contributed by atoms with Crippen LogP contribution in [0.5, 0.6) is 0 Å². The van der Waals surface area contributed by atoms with Gasteiger partial charge in [0.05, 0.1) is 12.4 Å². The van der Waals surface area contributed by atoms with Crippen LogP contribution in [0.15, 0.2) is 33.9 Å². The van der Waals surface area contributed by atoms with Crippen LogP contribution in [0, 0.1) is 5.92 Å². The average molecular weight is 281 g/mol. The van der Waals surface area contributed by atoms with Gasteiger partial charge in [0.2, 0.25) is 12.0 Å². The van der Waals surface area contributed by atoms with E-state index < -0.39 is 11.9 Å². The summed E-state index contributed by atoms with van der Waals surface area (Å²) in [5, 5.41) is 11.0. The minimum Gasteiger partial charge on any atom is -0.550 e. The Morgan fingerprint density at radius 1 is 1.58 bits per heavy atom. The molecule has 3 aliphatic heterocycles. The van der Waals surface area contributed by atoms with Crippen LogP contribution in [0.4, 0.5) is 0 Å². The highest BCUT2D eigenvalue weighted by Crippen LogP contribution is 2.34. The molecule has 0 bridgehead atoms. The molecule has 0 aliphatic carbocycles. The molecule has 100 valence electrons. The molecule has 1 fully saturated rings. The molecular formula is C12H13ClN4O2. The maximum Gasteiger partial charge on any atom is 0.223 e. The van der Waals surface area contributed by atoms with E-state index in [2.05, 4.69) is 9.98 Å². The first-order chi connectivity index (χ1) is 9.10. The van der Waals surface area contributed by atoms with Gasteiger partial charge in [0.15, 0.2) is 17.6 Å². The Kier molecular flexibility index (Phi) is 2.91. The second-order valence-electron chi connectivity index (χ2n) is 4.82. The molecule has 0 radical (unpaired) electrons. The Morgan fingerprint density at radius 3 is 3.21 bits per heavy atom. The topological polar surface area (TPSA) is 68.1 Å². The third-order valence-electron chi connectivity index (χ3n) is 3.57. The fourth-order valence-electron chi connectivity index (χ4n) is 2.54. The molecule has 3 aliphatic rings. The number of piperidine rings is 1. The molecule has 0 saturated carbocycles. The summed E-state index contributed by atoms with van der Waals surface area (Å²) in [7, 11) is 0. The number of hydrogen-bond acceptors (Lipinski definition) is 5. The van der Waals surface area contributed by atoms with E-state index in [1.54, 1.807) is 25.0 Å². The van der Waals surface area contributed by atoms with Crippen molar-refractivity contribution >= 4 is 30.3 Å². The quantitative estimate of drug-likeness (QED) is 0.678. The summed E-state index contributed by atoms with van der Waals surface area (Å²) in [5.41, 5.74) is 0.753. The number of carbonyl (C=O) groups is 1. The van der Waals surface area contributed by atoms with E-state index in [4.69, 9.17) is 11.8 Å². The van der Waals surface area contributed by atoms with Gasteiger partial charge in [-0.1, -0.05) is 0 Å². The number of carboxylic acid groups (broad SMARTS) is 1. The van der Waals surface area contributed by atoms with E-state index in [0.29, 0.717) is 18.8 Å². The van der Waals surface area contributed by atoms with E-state index in [-0.39, 0.29) is 4.00 Å². The molecule has 6 nitrogen and oxygen atoms in total. The molecule has 0 aromatic rings. The predicted molar refractivity (Wildman–Crippen MR) is 68.6 cm³/mol. The van der Waals surface area contributed by atoms with Crippen LogP contribution >= 0.6 is 11.8 Å². The van der Waals surface area contributed by atoms with E-state index in [1.165, 1.54) is 0 Å². The number of likely N-dealkylation sites (tertiary alicyclic amines) is 1. The molecule has 3 rings (SSSR count). The maximum atomic E-state index is 11.0. The lowest BCUT2D eigenvalue weighted by Gasteiger charge is -2.34. The molecule has 19 heavy (non-hydrogen) atoms. The summed E-state index contributed by atoms with van der Waals surface area (Å²) < 4.78 is -0.0364. The van der Waals surface area contributed by atoms with Crippen molar-refractivity contribution in [2.75, 3.05) is 13.1 Å². The number of rotatable bonds is 2. The molecular weight excluding hydrogens is 268 g/mol. The van der Waals surface area contributed by atoms with Gasteiger partial charge in [-0.2, -0.15) is 4.99 Å². The summed E-state index contributed by atoms with van der Waals surface area (Å²) in [6.45, 7) is 1.18. The molecule has 2 atom stereocenters. The average Bonchev–Trinajstić information content (AvgIpc) is 2.76. The number of carboxylic acids is 1. The third kappa shape index (κ3) is 2.06. The summed E-state index contributed by atoms with van der Waals surface area (Å²) in [6, 6.07) is 0. The van der Waals surface area contributed by atoms with Crippen molar-refractivity contribution in [3.8, 4) is 0 Å². The van der Waals surface area contributed by atoms with E-state index in [1.807, 2.05) is 4.90 Å². The number of hydrogen-bond donors (Lipinski definition) is 0. The van der Waals surface area contributed by atoms with Gasteiger partial charge in [0.1, 0.15) is 6.20 Å². The van der Waals surface area contributed by atoms with Crippen LogP contribution in [-0.2, 0) is 4.79 Å². The minimum atomic E-state index is -0.999. The zero-order chi connectivity index (χ0) is 13.5. The molecule has 0 spiro atoms. The van der Waals surface area contributed by atoms with Crippen molar-refractivity contribution in [2.45, 2.75) is 12.8 Å². The molecule has 1 saturated heterocycles. The van der Waals surface area contributed by atoms with Crippen molar-refractivity contribution in [3.05, 3.63) is 23.9 Å². The Hall–Kier alpha value is -1.66. The fourth-order valence-corrected chi connectivity index (χ4v) is 2.75. The van der Waals surface area contributed by atoms with Crippen molar-refractivity contribution in [3.63, 3.8) is 0 Å². The zero-order valence-corrected chi connectivity index (χ0v) is 11.0. The van der Waals surface area contributed by atoms with Crippen molar-refractivity contribution in [1.82, 2.24) is 4.90 Å². The molecule has 3 heterocycles. The second-order valence-corrected chi connectivity index (χ2v) is 5.38. The Bertz CT molecular complexity index is 540. The van der Waals surface area contributed by atoms with Gasteiger partial charge in [-0.25, -0.2) is 0 Å². The number of allylic oxidation sites excluding steroid dienone is 1. The minimum absolute atomic E-state index is 0.0364. The van der Waals surface area contributed by atoms with Gasteiger partial charge in [0, 0.05) is 25.0 Å².